The van der Waals surface area contributed by atoms with Gasteiger partial charge in [-0.05, 0) is 54.3 Å². The third kappa shape index (κ3) is 3.74. The number of primary amides is 1. The lowest BCUT2D eigenvalue weighted by molar-refractivity contribution is -0.123. The molecule has 1 amide bonds. The molecule has 2 aromatic carbocycles. The van der Waals surface area contributed by atoms with Gasteiger partial charge in [0.15, 0.2) is 0 Å². The molecule has 24 heavy (non-hydrogen) atoms. The molecule has 0 aliphatic carbocycles. The largest absolute Gasteiger partial charge is 0.489 e. The molecule has 4 nitrogen and oxygen atoms in total. The van der Waals surface area contributed by atoms with Crippen LogP contribution in [0.25, 0.3) is 0 Å². The van der Waals surface area contributed by atoms with Gasteiger partial charge in [-0.1, -0.05) is 18.2 Å². The lowest BCUT2D eigenvalue weighted by Crippen LogP contribution is -2.45. The van der Waals surface area contributed by atoms with Crippen molar-refractivity contribution in [3.05, 3.63) is 65.0 Å². The molecule has 3 rings (SSSR count). The summed E-state index contributed by atoms with van der Waals surface area (Å²) in [5.74, 6) is 0.216. The van der Waals surface area contributed by atoms with Gasteiger partial charge < -0.3 is 10.5 Å². The highest BCUT2D eigenvalue weighted by atomic mass is 19.1. The molecule has 0 spiro atoms. The van der Waals surface area contributed by atoms with Crippen LogP contribution in [0.2, 0.25) is 0 Å². The van der Waals surface area contributed by atoms with E-state index in [1.165, 1.54) is 23.3 Å². The summed E-state index contributed by atoms with van der Waals surface area (Å²) in [4.78, 5) is 13.4. The number of carbonyl (C=O) groups is 1. The Labute approximate surface area is 141 Å². The number of halogens is 1. The number of hydrogen-bond acceptors (Lipinski definition) is 3. The molecule has 0 fully saturated rings. The highest BCUT2D eigenvalue weighted by Gasteiger charge is 2.23. The van der Waals surface area contributed by atoms with Crippen LogP contribution in [0.3, 0.4) is 0 Å². The van der Waals surface area contributed by atoms with Crippen molar-refractivity contribution in [1.82, 2.24) is 4.90 Å². The zero-order chi connectivity index (χ0) is 17.1. The molecule has 1 aliphatic heterocycles. The summed E-state index contributed by atoms with van der Waals surface area (Å²) in [7, 11) is 0. The quantitative estimate of drug-likeness (QED) is 0.918. The fraction of sp³-hybridized carbons (Fsp3) is 0.316. The van der Waals surface area contributed by atoms with Crippen molar-refractivity contribution in [2.75, 3.05) is 6.54 Å². The van der Waals surface area contributed by atoms with Gasteiger partial charge in [-0.3, -0.25) is 9.69 Å². The van der Waals surface area contributed by atoms with Gasteiger partial charge in [0.25, 0.3) is 0 Å². The summed E-state index contributed by atoms with van der Waals surface area (Å²) in [6, 6.07) is 12.1. The van der Waals surface area contributed by atoms with E-state index in [2.05, 4.69) is 4.90 Å². The third-order valence-corrected chi connectivity index (χ3v) is 4.47. The van der Waals surface area contributed by atoms with Crippen LogP contribution in [0.4, 0.5) is 4.39 Å². The van der Waals surface area contributed by atoms with Gasteiger partial charge in [0.05, 0.1) is 6.04 Å². The van der Waals surface area contributed by atoms with Crippen LogP contribution in [0, 0.1) is 5.82 Å². The molecule has 0 aromatic heterocycles. The van der Waals surface area contributed by atoms with Crippen molar-refractivity contribution in [2.45, 2.75) is 32.5 Å². The number of ether oxygens (including phenoxy) is 1. The Hall–Kier alpha value is -2.40. The van der Waals surface area contributed by atoms with Gasteiger partial charge >= 0.3 is 0 Å². The molecule has 1 heterocycles. The topological polar surface area (TPSA) is 55.6 Å². The van der Waals surface area contributed by atoms with E-state index in [9.17, 15) is 9.18 Å². The molecule has 126 valence electrons. The maximum atomic E-state index is 13.2. The second kappa shape index (κ2) is 7.01. The highest BCUT2D eigenvalue weighted by molar-refractivity contribution is 5.79. The molecule has 0 saturated carbocycles. The fourth-order valence-electron chi connectivity index (χ4n) is 2.94. The normalized spacial score (nSPS) is 15.6. The monoisotopic (exact) mass is 328 g/mol. The van der Waals surface area contributed by atoms with E-state index in [0.717, 1.165) is 24.3 Å². The first-order valence-electron chi connectivity index (χ1n) is 8.05. The van der Waals surface area contributed by atoms with E-state index in [4.69, 9.17) is 10.5 Å². The summed E-state index contributed by atoms with van der Waals surface area (Å²) >= 11 is 0. The molecule has 0 saturated heterocycles. The standard InChI is InChI=1S/C19H21FN2O2/c1-13(19(21)23)22-8-7-15-10-18(6-5-16(15)11-22)24-12-14-3-2-4-17(20)9-14/h2-6,9-10,13H,7-8,11-12H2,1H3,(H2,21,23). The van der Waals surface area contributed by atoms with Gasteiger partial charge in [-0.2, -0.15) is 0 Å². The Bertz CT molecular complexity index is 748. The first-order valence-corrected chi connectivity index (χ1v) is 8.05. The van der Waals surface area contributed by atoms with Gasteiger partial charge in [-0.15, -0.1) is 0 Å². The minimum absolute atomic E-state index is 0.259. The lowest BCUT2D eigenvalue weighted by atomic mass is 9.98. The molecule has 5 heteroatoms. The van der Waals surface area contributed by atoms with Crippen LogP contribution < -0.4 is 10.5 Å². The Morgan fingerprint density at radius 1 is 1.29 bits per heavy atom. The number of nitrogens with two attached hydrogens (primary N) is 1. The summed E-state index contributed by atoms with van der Waals surface area (Å²) in [5, 5.41) is 0. The van der Waals surface area contributed by atoms with Crippen molar-refractivity contribution < 1.29 is 13.9 Å². The van der Waals surface area contributed by atoms with Crippen molar-refractivity contribution >= 4 is 5.91 Å². The van der Waals surface area contributed by atoms with E-state index < -0.39 is 0 Å². The average molecular weight is 328 g/mol. The summed E-state index contributed by atoms with van der Waals surface area (Å²) in [5.41, 5.74) is 8.60. The SMILES string of the molecule is CC(C(N)=O)N1CCc2cc(OCc3cccc(F)c3)ccc2C1. The van der Waals surface area contributed by atoms with Crippen molar-refractivity contribution in [3.8, 4) is 5.75 Å². The van der Waals surface area contributed by atoms with Gasteiger partial charge in [0, 0.05) is 13.1 Å². The molecule has 2 aromatic rings. The Morgan fingerprint density at radius 3 is 2.88 bits per heavy atom. The van der Waals surface area contributed by atoms with Crippen LogP contribution in [-0.4, -0.2) is 23.4 Å². The Kier molecular flexibility index (Phi) is 4.81. The van der Waals surface area contributed by atoms with Crippen molar-refractivity contribution in [1.29, 1.82) is 0 Å². The number of hydrogen-bond donors (Lipinski definition) is 1. The van der Waals surface area contributed by atoms with Gasteiger partial charge in [-0.25, -0.2) is 4.39 Å². The fourth-order valence-corrected chi connectivity index (χ4v) is 2.94. The van der Waals surface area contributed by atoms with E-state index >= 15 is 0 Å². The molecule has 1 unspecified atom stereocenters. The molecule has 1 aliphatic rings. The number of amides is 1. The molecule has 1 atom stereocenters. The van der Waals surface area contributed by atoms with E-state index in [1.807, 2.05) is 31.2 Å². The van der Waals surface area contributed by atoms with Crippen molar-refractivity contribution in [3.63, 3.8) is 0 Å². The first kappa shape index (κ1) is 16.5. The minimum Gasteiger partial charge on any atom is -0.489 e. The molecule has 0 bridgehead atoms. The zero-order valence-corrected chi connectivity index (χ0v) is 13.7. The second-order valence-electron chi connectivity index (χ2n) is 6.15. The predicted molar refractivity (Wildman–Crippen MR) is 89.9 cm³/mol. The Balaban J connectivity index is 1.66. The second-order valence-corrected chi connectivity index (χ2v) is 6.15. The maximum Gasteiger partial charge on any atom is 0.234 e. The van der Waals surface area contributed by atoms with Crippen LogP contribution in [0.5, 0.6) is 5.75 Å². The lowest BCUT2D eigenvalue weighted by Gasteiger charge is -2.32. The van der Waals surface area contributed by atoms with Gasteiger partial charge in [0.1, 0.15) is 18.2 Å². The molecule has 2 N–H and O–H groups in total. The molecular weight excluding hydrogens is 307 g/mol. The molecule has 0 radical (unpaired) electrons. The number of nitrogens with zero attached hydrogens (tertiary/aromatic N) is 1. The highest BCUT2D eigenvalue weighted by Crippen LogP contribution is 2.25. The van der Waals surface area contributed by atoms with Crippen LogP contribution >= 0.6 is 0 Å². The summed E-state index contributed by atoms with van der Waals surface area (Å²) < 4.78 is 19.0. The summed E-state index contributed by atoms with van der Waals surface area (Å²) in [6.45, 7) is 3.68. The zero-order valence-electron chi connectivity index (χ0n) is 13.7. The van der Waals surface area contributed by atoms with Crippen LogP contribution in [0.1, 0.15) is 23.6 Å². The minimum atomic E-state index is -0.298. The number of carbonyl (C=O) groups excluding carboxylic acids is 1. The third-order valence-electron chi connectivity index (χ3n) is 4.47. The van der Waals surface area contributed by atoms with Crippen LogP contribution in [-0.2, 0) is 24.4 Å². The Morgan fingerprint density at radius 2 is 2.12 bits per heavy atom. The smallest absolute Gasteiger partial charge is 0.234 e. The number of benzene rings is 2. The number of rotatable bonds is 5. The first-order chi connectivity index (χ1) is 11.5. The maximum absolute atomic E-state index is 13.2. The molecular formula is C19H21FN2O2. The number of fused-ring (bicyclic) bond motifs is 1. The van der Waals surface area contributed by atoms with E-state index in [0.29, 0.717) is 13.2 Å². The van der Waals surface area contributed by atoms with Crippen molar-refractivity contribution in [2.24, 2.45) is 5.73 Å². The van der Waals surface area contributed by atoms with E-state index in [-0.39, 0.29) is 17.8 Å². The van der Waals surface area contributed by atoms with Gasteiger partial charge in [0.2, 0.25) is 5.91 Å². The summed E-state index contributed by atoms with van der Waals surface area (Å²) in [6.07, 6.45) is 0.851. The predicted octanol–water partition coefficient (Wildman–Crippen LogP) is 2.64. The average Bonchev–Trinajstić information content (AvgIpc) is 2.58. The van der Waals surface area contributed by atoms with E-state index in [1.54, 1.807) is 6.07 Å². The van der Waals surface area contributed by atoms with Crippen LogP contribution in [0.15, 0.2) is 42.5 Å².